The molecule has 0 atom stereocenters. The van der Waals surface area contributed by atoms with Crippen LogP contribution in [0.15, 0.2) is 62.8 Å². The zero-order valence-corrected chi connectivity index (χ0v) is 19.2. The first kappa shape index (κ1) is 22.2. The van der Waals surface area contributed by atoms with Gasteiger partial charge in [0.15, 0.2) is 15.8 Å². The van der Waals surface area contributed by atoms with Gasteiger partial charge in [-0.1, -0.05) is 30.3 Å². The molecule has 28 heavy (non-hydrogen) atoms. The van der Waals surface area contributed by atoms with Crippen molar-refractivity contribution in [1.82, 2.24) is 10.6 Å². The van der Waals surface area contributed by atoms with E-state index in [-0.39, 0.29) is 24.0 Å². The van der Waals surface area contributed by atoms with Gasteiger partial charge in [-0.3, -0.25) is 4.99 Å². The van der Waals surface area contributed by atoms with Gasteiger partial charge in [-0.05, 0) is 30.7 Å². The standard InChI is InChI=1S/C20H23N3O3S.HI/c1-14-17-6-4-5-7-18(17)26-19(14)13-23-20(21-2)22-12-15-8-10-16(11-9-15)27(3,24)25;/h4-11H,12-13H2,1-3H3,(H2,21,22,23);1H. The second-order valence-electron chi connectivity index (χ2n) is 6.34. The molecule has 0 bridgehead atoms. The molecular formula is C20H24IN3O3S. The third kappa shape index (κ3) is 5.26. The molecule has 3 aromatic rings. The van der Waals surface area contributed by atoms with E-state index < -0.39 is 9.84 Å². The molecule has 8 heteroatoms. The van der Waals surface area contributed by atoms with Gasteiger partial charge in [0.1, 0.15) is 11.3 Å². The first-order valence-electron chi connectivity index (χ1n) is 8.59. The maximum absolute atomic E-state index is 11.5. The number of sulfone groups is 1. The maximum atomic E-state index is 11.5. The van der Waals surface area contributed by atoms with E-state index in [0.29, 0.717) is 23.9 Å². The largest absolute Gasteiger partial charge is 0.459 e. The molecular weight excluding hydrogens is 489 g/mol. The lowest BCUT2D eigenvalue weighted by molar-refractivity contribution is 0.534. The summed E-state index contributed by atoms with van der Waals surface area (Å²) in [6.45, 7) is 3.10. The smallest absolute Gasteiger partial charge is 0.191 e. The van der Waals surface area contributed by atoms with Gasteiger partial charge in [0.2, 0.25) is 0 Å². The summed E-state index contributed by atoms with van der Waals surface area (Å²) in [6.07, 6.45) is 1.20. The van der Waals surface area contributed by atoms with Gasteiger partial charge in [-0.2, -0.15) is 0 Å². The van der Waals surface area contributed by atoms with Gasteiger partial charge in [0.25, 0.3) is 0 Å². The molecule has 0 aliphatic carbocycles. The first-order chi connectivity index (χ1) is 12.9. The lowest BCUT2D eigenvalue weighted by Gasteiger charge is -2.11. The fourth-order valence-corrected chi connectivity index (χ4v) is 3.45. The molecule has 0 amide bonds. The van der Waals surface area contributed by atoms with Crippen LogP contribution in [0.2, 0.25) is 0 Å². The number of para-hydroxylation sites is 1. The van der Waals surface area contributed by atoms with Crippen LogP contribution in [0, 0.1) is 6.92 Å². The van der Waals surface area contributed by atoms with E-state index in [2.05, 4.69) is 15.6 Å². The van der Waals surface area contributed by atoms with Crippen molar-refractivity contribution >= 4 is 50.7 Å². The molecule has 0 saturated heterocycles. The van der Waals surface area contributed by atoms with Crippen LogP contribution in [0.5, 0.6) is 0 Å². The highest BCUT2D eigenvalue weighted by Crippen LogP contribution is 2.24. The van der Waals surface area contributed by atoms with Gasteiger partial charge >= 0.3 is 0 Å². The first-order valence-corrected chi connectivity index (χ1v) is 10.5. The van der Waals surface area contributed by atoms with Gasteiger partial charge in [0.05, 0.1) is 11.4 Å². The van der Waals surface area contributed by atoms with Crippen molar-refractivity contribution in [1.29, 1.82) is 0 Å². The van der Waals surface area contributed by atoms with Crippen LogP contribution in [0.4, 0.5) is 0 Å². The third-order valence-electron chi connectivity index (χ3n) is 4.39. The number of hydrogen-bond donors (Lipinski definition) is 2. The normalized spacial score (nSPS) is 11.9. The van der Waals surface area contributed by atoms with Crippen molar-refractivity contribution in [2.45, 2.75) is 24.9 Å². The van der Waals surface area contributed by atoms with Crippen molar-refractivity contribution in [3.8, 4) is 0 Å². The Morgan fingerprint density at radius 2 is 1.68 bits per heavy atom. The van der Waals surface area contributed by atoms with Gasteiger partial charge in [-0.25, -0.2) is 8.42 Å². The van der Waals surface area contributed by atoms with E-state index in [9.17, 15) is 8.42 Å². The quantitative estimate of drug-likeness (QED) is 0.310. The summed E-state index contributed by atoms with van der Waals surface area (Å²) in [4.78, 5) is 4.53. The number of nitrogens with zero attached hydrogens (tertiary/aromatic N) is 1. The maximum Gasteiger partial charge on any atom is 0.191 e. The number of hydrogen-bond acceptors (Lipinski definition) is 4. The second kappa shape index (κ2) is 9.42. The molecule has 2 N–H and O–H groups in total. The van der Waals surface area contributed by atoms with Gasteiger partial charge in [-0.15, -0.1) is 24.0 Å². The van der Waals surface area contributed by atoms with E-state index in [1.165, 1.54) is 6.26 Å². The topological polar surface area (TPSA) is 83.7 Å². The van der Waals surface area contributed by atoms with Crippen molar-refractivity contribution < 1.29 is 12.8 Å². The SMILES string of the molecule is CN=C(NCc1ccc(S(C)(=O)=O)cc1)NCc1oc2ccccc2c1C.I. The summed E-state index contributed by atoms with van der Waals surface area (Å²) >= 11 is 0. The lowest BCUT2D eigenvalue weighted by Crippen LogP contribution is -2.36. The molecule has 0 spiro atoms. The molecule has 0 aliphatic rings. The van der Waals surface area contributed by atoms with Crippen molar-refractivity contribution in [3.05, 3.63) is 65.4 Å². The number of aryl methyl sites for hydroxylation is 1. The van der Waals surface area contributed by atoms with Crippen LogP contribution < -0.4 is 10.6 Å². The monoisotopic (exact) mass is 513 g/mol. The van der Waals surface area contributed by atoms with E-state index in [1.54, 1.807) is 31.3 Å². The Balaban J connectivity index is 0.00000280. The Morgan fingerprint density at radius 1 is 1.04 bits per heavy atom. The Bertz CT molecular complexity index is 1070. The molecule has 150 valence electrons. The lowest BCUT2D eigenvalue weighted by atomic mass is 10.1. The van der Waals surface area contributed by atoms with E-state index >= 15 is 0 Å². The minimum absolute atomic E-state index is 0. The third-order valence-corrected chi connectivity index (χ3v) is 5.52. The number of rotatable bonds is 5. The summed E-state index contributed by atoms with van der Waals surface area (Å²) in [5.74, 6) is 1.51. The number of furan rings is 1. The van der Waals surface area contributed by atoms with Crippen molar-refractivity contribution in [3.63, 3.8) is 0 Å². The molecule has 0 fully saturated rings. The van der Waals surface area contributed by atoms with Crippen LogP contribution in [-0.4, -0.2) is 27.7 Å². The van der Waals surface area contributed by atoms with Gasteiger partial charge in [0, 0.05) is 30.8 Å². The highest BCUT2D eigenvalue weighted by molar-refractivity contribution is 14.0. The Morgan fingerprint density at radius 3 is 2.29 bits per heavy atom. The second-order valence-corrected chi connectivity index (χ2v) is 8.36. The predicted molar refractivity (Wildman–Crippen MR) is 123 cm³/mol. The highest BCUT2D eigenvalue weighted by Gasteiger charge is 2.10. The summed E-state index contributed by atoms with van der Waals surface area (Å²) < 4.78 is 28.9. The van der Waals surface area contributed by atoms with Crippen LogP contribution >= 0.6 is 24.0 Å². The van der Waals surface area contributed by atoms with Crippen molar-refractivity contribution in [2.75, 3.05) is 13.3 Å². The van der Waals surface area contributed by atoms with Crippen LogP contribution in [0.25, 0.3) is 11.0 Å². The average molecular weight is 513 g/mol. The van der Waals surface area contributed by atoms with E-state index in [0.717, 1.165) is 27.9 Å². The molecule has 0 radical (unpaired) electrons. The fourth-order valence-electron chi connectivity index (χ4n) is 2.82. The highest BCUT2D eigenvalue weighted by atomic mass is 127. The average Bonchev–Trinajstić information content (AvgIpc) is 2.98. The molecule has 6 nitrogen and oxygen atoms in total. The summed E-state index contributed by atoms with van der Waals surface area (Å²) in [5.41, 5.74) is 2.95. The minimum Gasteiger partial charge on any atom is -0.459 e. The zero-order valence-electron chi connectivity index (χ0n) is 16.0. The molecule has 3 rings (SSSR count). The summed E-state index contributed by atoms with van der Waals surface area (Å²) in [6, 6.07) is 14.8. The molecule has 2 aromatic carbocycles. The Labute approximate surface area is 182 Å². The molecule has 0 aliphatic heterocycles. The van der Waals surface area contributed by atoms with Crippen molar-refractivity contribution in [2.24, 2.45) is 4.99 Å². The van der Waals surface area contributed by atoms with Crippen LogP contribution in [-0.2, 0) is 22.9 Å². The van der Waals surface area contributed by atoms with E-state index in [1.807, 2.05) is 31.2 Å². The molecule has 0 unspecified atom stereocenters. The molecule has 1 heterocycles. The number of fused-ring (bicyclic) bond motifs is 1. The predicted octanol–water partition coefficient (Wildman–Crippen LogP) is 3.63. The minimum atomic E-state index is -3.18. The molecule has 1 aromatic heterocycles. The molecule has 0 saturated carbocycles. The fraction of sp³-hybridized carbons (Fsp3) is 0.250. The zero-order chi connectivity index (χ0) is 19.4. The van der Waals surface area contributed by atoms with E-state index in [4.69, 9.17) is 4.42 Å². The number of halogens is 1. The number of guanidine groups is 1. The number of aliphatic imine (C=N–C) groups is 1. The summed E-state index contributed by atoms with van der Waals surface area (Å²) in [5, 5.41) is 7.57. The van der Waals surface area contributed by atoms with Crippen LogP contribution in [0.3, 0.4) is 0 Å². The van der Waals surface area contributed by atoms with Gasteiger partial charge < -0.3 is 15.1 Å². The Kier molecular flexibility index (Phi) is 7.48. The Hall–Kier alpha value is -2.07. The number of nitrogens with one attached hydrogen (secondary N) is 2. The number of benzene rings is 2. The summed E-state index contributed by atoms with van der Waals surface area (Å²) in [7, 11) is -1.48. The van der Waals surface area contributed by atoms with Crippen LogP contribution in [0.1, 0.15) is 16.9 Å².